The molecular formula is C29H33ClN2O2S. The van der Waals surface area contributed by atoms with Gasteiger partial charge in [-0.25, -0.2) is 0 Å². The molecule has 6 heteroatoms. The van der Waals surface area contributed by atoms with Crippen LogP contribution in [-0.2, 0) is 22.6 Å². The van der Waals surface area contributed by atoms with Gasteiger partial charge in [0.25, 0.3) is 0 Å². The lowest BCUT2D eigenvalue weighted by molar-refractivity contribution is -0.141. The first-order valence-corrected chi connectivity index (χ1v) is 13.3. The van der Waals surface area contributed by atoms with Gasteiger partial charge in [0.05, 0.1) is 0 Å². The maximum Gasteiger partial charge on any atom is 0.243 e. The standard InChI is InChI=1S/C29H33ClN2O2S/c1-21(2)31-29(34)27(19-23-7-5-4-6-8-23)32(20-24-11-13-25(30)14-12-24)28(33)17-18-35-26-15-9-22(3)10-16-26/h4-16,21,27H,17-20H2,1-3H3,(H,31,34)/t27-/m0/s1. The first-order chi connectivity index (χ1) is 16.8. The van der Waals surface area contributed by atoms with Crippen molar-refractivity contribution < 1.29 is 9.59 Å². The zero-order valence-corrected chi connectivity index (χ0v) is 22.1. The molecule has 3 rings (SSSR count). The molecule has 3 aromatic rings. The van der Waals surface area contributed by atoms with Crippen LogP contribution in [0.5, 0.6) is 0 Å². The largest absolute Gasteiger partial charge is 0.352 e. The van der Waals surface area contributed by atoms with E-state index < -0.39 is 6.04 Å². The van der Waals surface area contributed by atoms with E-state index in [1.165, 1.54) is 5.56 Å². The van der Waals surface area contributed by atoms with Gasteiger partial charge in [-0.1, -0.05) is 71.8 Å². The summed E-state index contributed by atoms with van der Waals surface area (Å²) in [5.74, 6) is 0.458. The van der Waals surface area contributed by atoms with Crippen molar-refractivity contribution >= 4 is 35.2 Å². The van der Waals surface area contributed by atoms with Crippen molar-refractivity contribution in [3.63, 3.8) is 0 Å². The molecule has 0 aliphatic carbocycles. The Morgan fingerprint density at radius 3 is 2.20 bits per heavy atom. The summed E-state index contributed by atoms with van der Waals surface area (Å²) in [5.41, 5.74) is 3.16. The number of carbonyl (C=O) groups is 2. The molecule has 3 aromatic carbocycles. The summed E-state index contributed by atoms with van der Waals surface area (Å²) in [6, 6.07) is 24.9. The van der Waals surface area contributed by atoms with Crippen LogP contribution in [0.3, 0.4) is 0 Å². The van der Waals surface area contributed by atoms with Crippen molar-refractivity contribution in [2.45, 2.75) is 57.1 Å². The number of nitrogens with one attached hydrogen (secondary N) is 1. The van der Waals surface area contributed by atoms with E-state index >= 15 is 0 Å². The van der Waals surface area contributed by atoms with Crippen LogP contribution in [0.1, 0.15) is 37.0 Å². The molecular weight excluding hydrogens is 476 g/mol. The molecule has 0 aromatic heterocycles. The summed E-state index contributed by atoms with van der Waals surface area (Å²) in [6.07, 6.45) is 0.788. The molecule has 0 radical (unpaired) electrons. The van der Waals surface area contributed by atoms with Crippen LogP contribution in [0.25, 0.3) is 0 Å². The van der Waals surface area contributed by atoms with E-state index in [-0.39, 0.29) is 17.9 Å². The highest BCUT2D eigenvalue weighted by Gasteiger charge is 2.30. The Bertz CT molecular complexity index is 1090. The summed E-state index contributed by atoms with van der Waals surface area (Å²) in [5, 5.41) is 3.66. The number of thioether (sulfide) groups is 1. The number of carbonyl (C=O) groups excluding carboxylic acids is 2. The fourth-order valence-corrected chi connectivity index (χ4v) is 4.72. The number of nitrogens with zero attached hydrogens (tertiary/aromatic N) is 1. The van der Waals surface area contributed by atoms with Crippen LogP contribution in [0.15, 0.2) is 83.8 Å². The van der Waals surface area contributed by atoms with Gasteiger partial charge in [0.1, 0.15) is 6.04 Å². The Kier molecular flexibility index (Phi) is 10.2. The van der Waals surface area contributed by atoms with Gasteiger partial charge in [-0.3, -0.25) is 9.59 Å². The van der Waals surface area contributed by atoms with E-state index in [1.807, 2.05) is 68.4 Å². The highest BCUT2D eigenvalue weighted by Crippen LogP contribution is 2.22. The predicted molar refractivity (Wildman–Crippen MR) is 146 cm³/mol. The van der Waals surface area contributed by atoms with Crippen LogP contribution in [0, 0.1) is 6.92 Å². The number of rotatable bonds is 11. The molecule has 0 saturated carbocycles. The molecule has 0 saturated heterocycles. The normalized spacial score (nSPS) is 11.8. The lowest BCUT2D eigenvalue weighted by Crippen LogP contribution is -2.51. The van der Waals surface area contributed by atoms with Gasteiger partial charge in [-0.2, -0.15) is 0 Å². The Morgan fingerprint density at radius 1 is 0.914 bits per heavy atom. The van der Waals surface area contributed by atoms with Gasteiger partial charge in [0.2, 0.25) is 11.8 Å². The lowest BCUT2D eigenvalue weighted by atomic mass is 10.0. The quantitative estimate of drug-likeness (QED) is 0.309. The smallest absolute Gasteiger partial charge is 0.243 e. The van der Waals surface area contributed by atoms with Gasteiger partial charge < -0.3 is 10.2 Å². The molecule has 184 valence electrons. The number of hydrogen-bond donors (Lipinski definition) is 1. The zero-order valence-electron chi connectivity index (χ0n) is 20.5. The van der Waals surface area contributed by atoms with Crippen molar-refractivity contribution in [2.75, 3.05) is 5.75 Å². The van der Waals surface area contributed by atoms with Crippen molar-refractivity contribution in [1.29, 1.82) is 0 Å². The second kappa shape index (κ2) is 13.4. The average Bonchev–Trinajstić information content (AvgIpc) is 2.84. The Labute approximate surface area is 218 Å². The SMILES string of the molecule is Cc1ccc(SCCC(=O)N(Cc2ccc(Cl)cc2)[C@@H](Cc2ccccc2)C(=O)NC(C)C)cc1. The predicted octanol–water partition coefficient (Wildman–Crippen LogP) is 6.30. The summed E-state index contributed by atoms with van der Waals surface area (Å²) in [6.45, 7) is 6.26. The number of halogens is 1. The summed E-state index contributed by atoms with van der Waals surface area (Å²) in [4.78, 5) is 29.8. The van der Waals surface area contributed by atoms with Crippen LogP contribution >= 0.6 is 23.4 Å². The molecule has 4 nitrogen and oxygen atoms in total. The molecule has 1 atom stereocenters. The van der Waals surface area contributed by atoms with E-state index in [0.29, 0.717) is 30.2 Å². The Hall–Kier alpha value is -2.76. The third-order valence-corrected chi connectivity index (χ3v) is 6.84. The fourth-order valence-electron chi connectivity index (χ4n) is 3.76. The second-order valence-corrected chi connectivity index (χ2v) is 10.5. The second-order valence-electron chi connectivity index (χ2n) is 8.93. The minimum Gasteiger partial charge on any atom is -0.352 e. The van der Waals surface area contributed by atoms with Crippen molar-refractivity contribution in [3.8, 4) is 0 Å². The molecule has 0 aliphatic rings. The first kappa shape index (κ1) is 26.8. The highest BCUT2D eigenvalue weighted by atomic mass is 35.5. The van der Waals surface area contributed by atoms with Crippen molar-refractivity contribution in [3.05, 3.63) is 101 Å². The van der Waals surface area contributed by atoms with E-state index in [1.54, 1.807) is 16.7 Å². The van der Waals surface area contributed by atoms with Crippen molar-refractivity contribution in [2.24, 2.45) is 0 Å². The molecule has 1 N–H and O–H groups in total. The first-order valence-electron chi connectivity index (χ1n) is 11.9. The maximum absolute atomic E-state index is 13.6. The summed E-state index contributed by atoms with van der Waals surface area (Å²) < 4.78 is 0. The highest BCUT2D eigenvalue weighted by molar-refractivity contribution is 7.99. The van der Waals surface area contributed by atoms with E-state index in [4.69, 9.17) is 11.6 Å². The van der Waals surface area contributed by atoms with Gasteiger partial charge in [0.15, 0.2) is 0 Å². The van der Waals surface area contributed by atoms with Crippen LogP contribution in [-0.4, -0.2) is 34.6 Å². The molecule has 0 spiro atoms. The van der Waals surface area contributed by atoms with E-state index in [9.17, 15) is 9.59 Å². The molecule has 0 aliphatic heterocycles. The molecule has 0 unspecified atom stereocenters. The average molecular weight is 509 g/mol. The number of amides is 2. The van der Waals surface area contributed by atoms with Gasteiger partial charge in [0, 0.05) is 41.1 Å². The monoisotopic (exact) mass is 508 g/mol. The van der Waals surface area contributed by atoms with Crippen molar-refractivity contribution in [1.82, 2.24) is 10.2 Å². The zero-order chi connectivity index (χ0) is 25.2. The fraction of sp³-hybridized carbons (Fsp3) is 0.310. The minimum absolute atomic E-state index is 0.0228. The topological polar surface area (TPSA) is 49.4 Å². The van der Waals surface area contributed by atoms with Gasteiger partial charge in [-0.05, 0) is 56.2 Å². The molecule has 35 heavy (non-hydrogen) atoms. The molecule has 0 fully saturated rings. The maximum atomic E-state index is 13.6. The van der Waals surface area contributed by atoms with Crippen LogP contribution < -0.4 is 5.32 Å². The van der Waals surface area contributed by atoms with Crippen LogP contribution in [0.2, 0.25) is 5.02 Å². The number of hydrogen-bond acceptors (Lipinski definition) is 3. The van der Waals surface area contributed by atoms with Crippen LogP contribution in [0.4, 0.5) is 0 Å². The number of aryl methyl sites for hydroxylation is 1. The Balaban J connectivity index is 1.83. The summed E-state index contributed by atoms with van der Waals surface area (Å²) in [7, 11) is 0. The Morgan fingerprint density at radius 2 is 1.57 bits per heavy atom. The third-order valence-electron chi connectivity index (χ3n) is 5.57. The number of benzene rings is 3. The third kappa shape index (κ3) is 8.75. The molecule has 2 amide bonds. The van der Waals surface area contributed by atoms with E-state index in [0.717, 1.165) is 16.0 Å². The van der Waals surface area contributed by atoms with Gasteiger partial charge >= 0.3 is 0 Å². The summed E-state index contributed by atoms with van der Waals surface area (Å²) >= 11 is 7.73. The van der Waals surface area contributed by atoms with E-state index in [2.05, 4.69) is 36.5 Å². The minimum atomic E-state index is -0.618. The van der Waals surface area contributed by atoms with Gasteiger partial charge in [-0.15, -0.1) is 11.8 Å². The lowest BCUT2D eigenvalue weighted by Gasteiger charge is -2.32. The molecule has 0 bridgehead atoms. The molecule has 0 heterocycles.